The Labute approximate surface area is 743 Å². The summed E-state index contributed by atoms with van der Waals surface area (Å²) in [5.41, 5.74) is 28.5. The van der Waals surface area contributed by atoms with E-state index < -0.39 is 0 Å². The number of fused-ring (bicyclic) bond motifs is 18. The zero-order valence-electron chi connectivity index (χ0n) is 70.5. The number of aromatic nitrogens is 10. The first-order valence-electron chi connectivity index (χ1n) is 44.0. The normalized spacial score (nSPS) is 12.3. The predicted molar refractivity (Wildman–Crippen MR) is 533 cm³/mol. The first-order chi connectivity index (χ1) is 63.7. The van der Waals surface area contributed by atoms with Gasteiger partial charge in [-0.15, -0.1) is 0 Å². The van der Waals surface area contributed by atoms with Gasteiger partial charge in [0, 0.05) is 105 Å². The molecule has 0 saturated carbocycles. The molecule has 26 rings (SSSR count). The third-order valence-corrected chi connectivity index (χ3v) is 26.3. The SMILES string of the molecule is CC1(C)c2ccccc2-c2ccc(-c3nc(-c4ccccc4)nc(-c4cc(-c5ccccc5)cc(-n5c6ccccc6c6cc(-n7c8ccccc8c8ccccc87)ccc65)c4)n3)cc21.c1ccc(-c2cc(-c3nc(-c4ccccc4)nc(-c4ccc5c(ccc6ccccc65)c4)n3)cc(-n3c4ccccc4c4cc(-n5c6ccccc6c6ccccc65)ccc43)c2)cc1. The molecule has 0 atom stereocenters. The highest BCUT2D eigenvalue weighted by Gasteiger charge is 2.36. The van der Waals surface area contributed by atoms with Gasteiger partial charge in [-0.2, -0.15) is 0 Å². The van der Waals surface area contributed by atoms with Crippen molar-refractivity contribution >= 4 is 109 Å². The molecule has 6 aromatic heterocycles. The maximum absolute atomic E-state index is 5.36. The smallest absolute Gasteiger partial charge is 0.164 e. The van der Waals surface area contributed by atoms with Crippen LogP contribution in [0.1, 0.15) is 25.0 Å². The fraction of sp³-hybridized carbons (Fsp3) is 0.0252. The molecule has 10 nitrogen and oxygen atoms in total. The summed E-state index contributed by atoms with van der Waals surface area (Å²) in [7, 11) is 0. The number of hydrogen-bond acceptors (Lipinski definition) is 6. The molecule has 10 heteroatoms. The molecule has 19 aromatic carbocycles. The van der Waals surface area contributed by atoms with Crippen LogP contribution in [0, 0.1) is 0 Å². The second-order valence-corrected chi connectivity index (χ2v) is 34.1. The van der Waals surface area contributed by atoms with Gasteiger partial charge >= 0.3 is 0 Å². The average molecular weight is 1650 g/mol. The van der Waals surface area contributed by atoms with Crippen molar-refractivity contribution < 1.29 is 0 Å². The Balaban J connectivity index is 0.000000140. The van der Waals surface area contributed by atoms with Gasteiger partial charge < -0.3 is 18.3 Å². The minimum absolute atomic E-state index is 0.161. The molecule has 0 bridgehead atoms. The van der Waals surface area contributed by atoms with E-state index in [4.69, 9.17) is 29.9 Å². The van der Waals surface area contributed by atoms with E-state index in [1.807, 2.05) is 36.4 Å². The van der Waals surface area contributed by atoms with Crippen molar-refractivity contribution in [3.8, 4) is 124 Å². The minimum Gasteiger partial charge on any atom is -0.309 e. The van der Waals surface area contributed by atoms with Gasteiger partial charge in [-0.1, -0.05) is 329 Å². The minimum atomic E-state index is -0.161. The molecule has 0 aliphatic heterocycles. The number of para-hydroxylation sites is 6. The fourth-order valence-corrected chi connectivity index (χ4v) is 20.2. The zero-order chi connectivity index (χ0) is 85.4. The Morgan fingerprint density at radius 1 is 0.163 bits per heavy atom. The average Bonchev–Trinajstić information content (AvgIpc) is 1.60. The van der Waals surface area contributed by atoms with Gasteiger partial charge in [-0.05, 0) is 187 Å². The summed E-state index contributed by atoms with van der Waals surface area (Å²) in [6.45, 7) is 4.62. The van der Waals surface area contributed by atoms with Crippen LogP contribution < -0.4 is 0 Å². The molecule has 0 radical (unpaired) electrons. The molecular weight excluding hydrogens is 1570 g/mol. The Hall–Kier alpha value is -17.1. The van der Waals surface area contributed by atoms with Gasteiger partial charge in [0.1, 0.15) is 0 Å². The summed E-state index contributed by atoms with van der Waals surface area (Å²) in [6.07, 6.45) is 0. The lowest BCUT2D eigenvalue weighted by Crippen LogP contribution is -2.15. The largest absolute Gasteiger partial charge is 0.309 e. The Morgan fingerprint density at radius 3 is 0.907 bits per heavy atom. The maximum Gasteiger partial charge on any atom is 0.164 e. The second-order valence-electron chi connectivity index (χ2n) is 34.1. The van der Waals surface area contributed by atoms with Gasteiger partial charge in [0.05, 0.1) is 44.1 Å². The molecule has 0 N–H and O–H groups in total. The molecule has 0 saturated heterocycles. The quantitative estimate of drug-likeness (QED) is 0.113. The highest BCUT2D eigenvalue weighted by molar-refractivity contribution is 6.15. The highest BCUT2D eigenvalue weighted by Crippen LogP contribution is 2.51. The molecule has 0 amide bonds. The highest BCUT2D eigenvalue weighted by atomic mass is 15.1. The topological polar surface area (TPSA) is 97.1 Å². The summed E-state index contributed by atoms with van der Waals surface area (Å²) in [4.78, 5) is 31.5. The third kappa shape index (κ3) is 12.5. The summed E-state index contributed by atoms with van der Waals surface area (Å²) >= 11 is 0. The third-order valence-electron chi connectivity index (χ3n) is 26.3. The molecule has 1 aliphatic rings. The van der Waals surface area contributed by atoms with E-state index >= 15 is 0 Å². The number of benzene rings is 19. The van der Waals surface area contributed by atoms with Crippen molar-refractivity contribution in [2.24, 2.45) is 0 Å². The molecular formula is C119H78N10. The van der Waals surface area contributed by atoms with Crippen LogP contribution in [-0.4, -0.2) is 48.2 Å². The lowest BCUT2D eigenvalue weighted by Gasteiger charge is -2.21. The molecule has 0 unspecified atom stereocenters. The van der Waals surface area contributed by atoms with E-state index in [1.54, 1.807) is 0 Å². The van der Waals surface area contributed by atoms with Crippen molar-refractivity contribution in [3.63, 3.8) is 0 Å². The molecule has 25 aromatic rings. The van der Waals surface area contributed by atoms with E-state index in [0.29, 0.717) is 34.9 Å². The van der Waals surface area contributed by atoms with Crippen LogP contribution >= 0.6 is 0 Å². The summed E-state index contributed by atoms with van der Waals surface area (Å²) in [5.74, 6) is 3.75. The van der Waals surface area contributed by atoms with Gasteiger partial charge in [0.25, 0.3) is 0 Å². The van der Waals surface area contributed by atoms with Crippen LogP contribution in [0.4, 0.5) is 0 Å². The van der Waals surface area contributed by atoms with Crippen molar-refractivity contribution in [3.05, 3.63) is 448 Å². The number of hydrogen-bond donors (Lipinski definition) is 0. The van der Waals surface area contributed by atoms with Crippen LogP contribution in [-0.2, 0) is 5.41 Å². The van der Waals surface area contributed by atoms with Crippen molar-refractivity contribution in [2.45, 2.75) is 19.3 Å². The van der Waals surface area contributed by atoms with Crippen LogP contribution in [0.25, 0.3) is 233 Å². The van der Waals surface area contributed by atoms with Gasteiger partial charge in [-0.25, -0.2) is 29.9 Å². The first-order valence-corrected chi connectivity index (χ1v) is 44.0. The van der Waals surface area contributed by atoms with E-state index in [9.17, 15) is 0 Å². The lowest BCUT2D eigenvalue weighted by molar-refractivity contribution is 0.660. The van der Waals surface area contributed by atoms with Crippen molar-refractivity contribution in [1.29, 1.82) is 0 Å². The zero-order valence-corrected chi connectivity index (χ0v) is 70.5. The summed E-state index contributed by atoms with van der Waals surface area (Å²) in [5, 5.41) is 14.5. The van der Waals surface area contributed by atoms with E-state index in [-0.39, 0.29) is 5.41 Å². The molecule has 604 valence electrons. The summed E-state index contributed by atoms with van der Waals surface area (Å²) in [6, 6.07) is 156. The van der Waals surface area contributed by atoms with Gasteiger partial charge in [0.15, 0.2) is 34.9 Å². The van der Waals surface area contributed by atoms with E-state index in [0.717, 1.165) is 106 Å². The molecule has 0 fully saturated rings. The second kappa shape index (κ2) is 30.1. The standard InChI is InChI=1S/C60H41N5.C59H37N5/c1-60(2)51-25-13-9-21-45(51)46-31-29-40(36-52(46)60)58-61-57(39-19-7-4-8-20-39)62-59(63-58)42-33-41(38-17-5-3-6-18-38)34-44(35-42)65-55-28-16-12-24-49(55)50-37-43(30-32-56(50)65)64-53-26-14-10-22-47(53)48-23-11-15-27-54(48)64;1-3-15-38(16-4-1)43-34-44(59-61-57(40-18-5-2-6-19-40)60-58(62-59)42-29-31-48-41(33-42)28-27-39-17-7-8-20-47(39)48)36-46(35-43)64-55-26-14-11-23-51(55)52-37-45(30-32-56(52)64)63-53-24-12-9-21-49(53)50-22-10-13-25-54(50)63/h3-37H,1-2H3;1-37H. The maximum atomic E-state index is 5.36. The van der Waals surface area contributed by atoms with Crippen LogP contribution in [0.15, 0.2) is 437 Å². The summed E-state index contributed by atoms with van der Waals surface area (Å²) < 4.78 is 9.58. The Kier molecular flexibility index (Phi) is 17.4. The fourth-order valence-electron chi connectivity index (χ4n) is 20.2. The monoisotopic (exact) mass is 1650 g/mol. The van der Waals surface area contributed by atoms with E-state index in [2.05, 4.69) is 432 Å². The van der Waals surface area contributed by atoms with Crippen molar-refractivity contribution in [1.82, 2.24) is 48.2 Å². The Bertz CT molecular complexity index is 8740. The van der Waals surface area contributed by atoms with Crippen LogP contribution in [0.5, 0.6) is 0 Å². The lowest BCUT2D eigenvalue weighted by atomic mass is 9.82. The van der Waals surface area contributed by atoms with E-state index in [1.165, 1.54) is 104 Å². The van der Waals surface area contributed by atoms with Crippen LogP contribution in [0.3, 0.4) is 0 Å². The molecule has 1 aliphatic carbocycles. The van der Waals surface area contributed by atoms with Gasteiger partial charge in [0.2, 0.25) is 0 Å². The Morgan fingerprint density at radius 2 is 0.465 bits per heavy atom. The van der Waals surface area contributed by atoms with Gasteiger partial charge in [-0.3, -0.25) is 0 Å². The number of rotatable bonds is 12. The van der Waals surface area contributed by atoms with Crippen LogP contribution in [0.2, 0.25) is 0 Å². The first kappa shape index (κ1) is 74.5. The predicted octanol–water partition coefficient (Wildman–Crippen LogP) is 30.1. The molecule has 0 spiro atoms. The molecule has 6 heterocycles. The number of nitrogens with zero attached hydrogens (tertiary/aromatic N) is 10. The van der Waals surface area contributed by atoms with Crippen molar-refractivity contribution in [2.75, 3.05) is 0 Å². The molecule has 129 heavy (non-hydrogen) atoms.